The van der Waals surface area contributed by atoms with Crippen molar-refractivity contribution in [2.24, 2.45) is 5.92 Å². The summed E-state index contributed by atoms with van der Waals surface area (Å²) >= 11 is 0. The summed E-state index contributed by atoms with van der Waals surface area (Å²) in [5.74, 6) is -0.340. The third-order valence-corrected chi connectivity index (χ3v) is 6.30. The Balaban J connectivity index is 1.44. The molecular weight excluding hydrogens is 404 g/mol. The molecule has 2 amide bonds. The van der Waals surface area contributed by atoms with E-state index in [1.54, 1.807) is 12.1 Å². The summed E-state index contributed by atoms with van der Waals surface area (Å²) in [7, 11) is 0. The first-order chi connectivity index (χ1) is 15.3. The molecule has 1 aliphatic rings. The number of piperidine rings is 1. The molecule has 1 aliphatic heterocycles. The molecule has 7 heteroatoms. The number of aryl methyl sites for hydroxylation is 1. The number of likely N-dealkylation sites (tertiary alicyclic amines) is 1. The number of rotatable bonds is 5. The third-order valence-electron chi connectivity index (χ3n) is 6.30. The van der Waals surface area contributed by atoms with Gasteiger partial charge in [-0.2, -0.15) is 0 Å². The Labute approximate surface area is 187 Å². The van der Waals surface area contributed by atoms with Crippen LogP contribution < -0.4 is 11.0 Å². The van der Waals surface area contributed by atoms with Crippen LogP contribution in [-0.4, -0.2) is 45.4 Å². The van der Waals surface area contributed by atoms with Crippen LogP contribution in [0.4, 0.5) is 0 Å². The summed E-state index contributed by atoms with van der Waals surface area (Å²) in [5.41, 5.74) is 3.24. The number of hydrogen-bond acceptors (Lipinski definition) is 3. The molecule has 32 heavy (non-hydrogen) atoms. The summed E-state index contributed by atoms with van der Waals surface area (Å²) < 4.78 is 1.82. The molecule has 3 aromatic rings. The van der Waals surface area contributed by atoms with E-state index in [9.17, 15) is 14.4 Å². The van der Waals surface area contributed by atoms with Gasteiger partial charge in [-0.1, -0.05) is 43.7 Å². The lowest BCUT2D eigenvalue weighted by atomic mass is 9.99. The van der Waals surface area contributed by atoms with Crippen LogP contribution in [0.15, 0.2) is 53.3 Å². The van der Waals surface area contributed by atoms with Crippen molar-refractivity contribution in [2.45, 2.75) is 45.7 Å². The van der Waals surface area contributed by atoms with Crippen LogP contribution in [0.25, 0.3) is 11.0 Å². The topological polar surface area (TPSA) is 87.2 Å². The second-order valence-electron chi connectivity index (χ2n) is 8.93. The molecule has 0 saturated carbocycles. The Hall–Kier alpha value is -3.35. The van der Waals surface area contributed by atoms with Crippen LogP contribution in [0.1, 0.15) is 48.7 Å². The fraction of sp³-hybridized carbons (Fsp3) is 0.400. The van der Waals surface area contributed by atoms with Crippen molar-refractivity contribution in [3.05, 3.63) is 70.1 Å². The molecule has 0 spiro atoms. The zero-order valence-corrected chi connectivity index (χ0v) is 18.8. The molecule has 1 aromatic heterocycles. The maximum Gasteiger partial charge on any atom is 0.326 e. The van der Waals surface area contributed by atoms with Gasteiger partial charge in [0.25, 0.3) is 5.91 Å². The van der Waals surface area contributed by atoms with Crippen LogP contribution in [-0.2, 0) is 4.79 Å². The zero-order chi connectivity index (χ0) is 22.8. The number of H-pyrrole nitrogens is 1. The Morgan fingerprint density at radius 3 is 2.34 bits per heavy atom. The normalized spacial score (nSPS) is 15.8. The maximum atomic E-state index is 13.3. The lowest BCUT2D eigenvalue weighted by molar-refractivity contribution is -0.135. The summed E-state index contributed by atoms with van der Waals surface area (Å²) in [4.78, 5) is 43.2. The highest BCUT2D eigenvalue weighted by atomic mass is 16.2. The van der Waals surface area contributed by atoms with Gasteiger partial charge in [0.15, 0.2) is 0 Å². The predicted octanol–water partition coefficient (Wildman–Crippen LogP) is 3.26. The molecule has 2 aromatic carbocycles. The molecule has 0 aliphatic carbocycles. The van der Waals surface area contributed by atoms with Gasteiger partial charge >= 0.3 is 5.69 Å². The average molecular weight is 435 g/mol. The molecule has 0 unspecified atom stereocenters. The Kier molecular flexibility index (Phi) is 6.17. The van der Waals surface area contributed by atoms with Gasteiger partial charge in [0.1, 0.15) is 6.04 Å². The van der Waals surface area contributed by atoms with Crippen molar-refractivity contribution in [1.82, 2.24) is 19.8 Å². The Morgan fingerprint density at radius 1 is 1.03 bits per heavy atom. The number of carbonyl (C=O) groups is 2. The van der Waals surface area contributed by atoms with Gasteiger partial charge in [-0.25, -0.2) is 4.79 Å². The van der Waals surface area contributed by atoms with Crippen molar-refractivity contribution in [1.29, 1.82) is 0 Å². The first-order valence-corrected chi connectivity index (χ1v) is 11.2. The van der Waals surface area contributed by atoms with Crippen LogP contribution in [0.2, 0.25) is 0 Å². The summed E-state index contributed by atoms with van der Waals surface area (Å²) in [6.45, 7) is 6.96. The molecule has 2 N–H and O–H groups in total. The number of nitrogens with zero attached hydrogens (tertiary/aromatic N) is 2. The smallest absolute Gasteiger partial charge is 0.326 e. The Bertz CT molecular complexity index is 1170. The zero-order valence-electron chi connectivity index (χ0n) is 18.8. The average Bonchev–Trinajstić information content (AvgIpc) is 3.13. The summed E-state index contributed by atoms with van der Waals surface area (Å²) in [6.07, 6.45) is 1.40. The minimum Gasteiger partial charge on any atom is -0.341 e. The highest BCUT2D eigenvalue weighted by molar-refractivity contribution is 5.97. The van der Waals surface area contributed by atoms with Crippen molar-refractivity contribution in [2.75, 3.05) is 13.1 Å². The molecular formula is C25H30N4O3. The highest BCUT2D eigenvalue weighted by Crippen LogP contribution is 2.25. The SMILES string of the molecule is Cc1ccc(C(=O)N[C@H](C(=O)N2CCC(n3c(=O)[nH]c4ccccc43)CC2)C(C)C)cc1. The molecule has 2 heterocycles. The van der Waals surface area contributed by atoms with Gasteiger partial charge in [0.2, 0.25) is 5.91 Å². The fourth-order valence-electron chi connectivity index (χ4n) is 4.42. The second kappa shape index (κ2) is 9.02. The molecule has 0 radical (unpaired) electrons. The van der Waals surface area contributed by atoms with Crippen LogP contribution >= 0.6 is 0 Å². The number of fused-ring (bicyclic) bond motifs is 1. The van der Waals surface area contributed by atoms with Crippen LogP contribution in [0, 0.1) is 12.8 Å². The number of nitrogens with one attached hydrogen (secondary N) is 2. The van der Waals surface area contributed by atoms with Crippen molar-refractivity contribution in [3.63, 3.8) is 0 Å². The number of carbonyl (C=O) groups excluding carboxylic acids is 2. The summed E-state index contributed by atoms with van der Waals surface area (Å²) in [5, 5.41) is 2.93. The first kappa shape index (κ1) is 21.9. The van der Waals surface area contributed by atoms with E-state index in [0.29, 0.717) is 31.5 Å². The second-order valence-corrected chi connectivity index (χ2v) is 8.93. The first-order valence-electron chi connectivity index (χ1n) is 11.2. The van der Waals surface area contributed by atoms with Gasteiger partial charge in [0.05, 0.1) is 11.0 Å². The number of amides is 2. The predicted molar refractivity (Wildman–Crippen MR) is 125 cm³/mol. The van der Waals surface area contributed by atoms with Crippen molar-refractivity contribution < 1.29 is 9.59 Å². The maximum absolute atomic E-state index is 13.3. The minimum atomic E-state index is -0.587. The number of benzene rings is 2. The van der Waals surface area contributed by atoms with Gasteiger partial charge in [-0.3, -0.25) is 14.2 Å². The molecule has 0 bridgehead atoms. The molecule has 168 valence electrons. The number of aromatic nitrogens is 2. The largest absolute Gasteiger partial charge is 0.341 e. The molecule has 4 rings (SSSR count). The van der Waals surface area contributed by atoms with Gasteiger partial charge in [0, 0.05) is 24.7 Å². The van der Waals surface area contributed by atoms with E-state index in [0.717, 1.165) is 16.6 Å². The van der Waals surface area contributed by atoms with E-state index in [-0.39, 0.29) is 29.5 Å². The fourth-order valence-corrected chi connectivity index (χ4v) is 4.42. The van der Waals surface area contributed by atoms with E-state index >= 15 is 0 Å². The van der Waals surface area contributed by atoms with Crippen molar-refractivity contribution >= 4 is 22.8 Å². The molecule has 7 nitrogen and oxygen atoms in total. The van der Waals surface area contributed by atoms with E-state index in [1.807, 2.05) is 66.6 Å². The minimum absolute atomic E-state index is 0.0362. The lowest BCUT2D eigenvalue weighted by Crippen LogP contribution is -2.53. The molecule has 1 saturated heterocycles. The van der Waals surface area contributed by atoms with Crippen molar-refractivity contribution in [3.8, 4) is 0 Å². The summed E-state index contributed by atoms with van der Waals surface area (Å²) in [6, 6.07) is 14.5. The van der Waals surface area contributed by atoms with E-state index in [2.05, 4.69) is 10.3 Å². The van der Waals surface area contributed by atoms with E-state index < -0.39 is 6.04 Å². The van der Waals surface area contributed by atoms with Gasteiger partial charge in [-0.15, -0.1) is 0 Å². The molecule has 1 fully saturated rings. The van der Waals surface area contributed by atoms with Crippen LogP contribution in [0.3, 0.4) is 0 Å². The standard InChI is InChI=1S/C25H30N4O3/c1-16(2)22(27-23(30)18-10-8-17(3)9-11-18)24(31)28-14-12-19(13-15-28)29-21-7-5-4-6-20(21)26-25(29)32/h4-11,16,19,22H,12-15H2,1-3H3,(H,26,32)(H,27,30)/t22-/m0/s1. The number of hydrogen-bond donors (Lipinski definition) is 2. The van der Waals surface area contributed by atoms with Crippen LogP contribution in [0.5, 0.6) is 0 Å². The monoisotopic (exact) mass is 434 g/mol. The lowest BCUT2D eigenvalue weighted by Gasteiger charge is -2.35. The van der Waals surface area contributed by atoms with E-state index in [1.165, 1.54) is 0 Å². The molecule has 1 atom stereocenters. The van der Waals surface area contributed by atoms with Gasteiger partial charge in [-0.05, 0) is 49.9 Å². The Morgan fingerprint density at radius 2 is 1.69 bits per heavy atom. The number of para-hydroxylation sites is 2. The quantitative estimate of drug-likeness (QED) is 0.646. The number of aromatic amines is 1. The third kappa shape index (κ3) is 4.33. The van der Waals surface area contributed by atoms with Gasteiger partial charge < -0.3 is 15.2 Å². The van der Waals surface area contributed by atoms with E-state index in [4.69, 9.17) is 0 Å². The highest BCUT2D eigenvalue weighted by Gasteiger charge is 2.32. The number of imidazole rings is 1.